The first-order valence-corrected chi connectivity index (χ1v) is 20.9. The lowest BCUT2D eigenvalue weighted by atomic mass is 10.0. The number of alkyl carbamates (subject to hydrolysis) is 1. The first kappa shape index (κ1) is 42.8. The smallest absolute Gasteiger partial charge is 0.422 e. The van der Waals surface area contributed by atoms with Gasteiger partial charge < -0.3 is 34.5 Å². The van der Waals surface area contributed by atoms with Gasteiger partial charge >= 0.3 is 12.3 Å². The van der Waals surface area contributed by atoms with E-state index in [0.717, 1.165) is 6.42 Å². The van der Waals surface area contributed by atoms with Crippen LogP contribution >= 0.6 is 0 Å². The highest BCUT2D eigenvalue weighted by Crippen LogP contribution is 2.46. The van der Waals surface area contributed by atoms with E-state index in [9.17, 15) is 40.8 Å². The monoisotopic (exact) mass is 837 g/mol. The summed E-state index contributed by atoms with van der Waals surface area (Å²) in [5, 5.41) is 5.16. The molecule has 3 heterocycles. The summed E-state index contributed by atoms with van der Waals surface area (Å²) in [6.07, 6.45) is 0.827. The normalized spacial score (nSPS) is 25.7. The lowest BCUT2D eigenvalue weighted by molar-refractivity contribution is -0.154. The van der Waals surface area contributed by atoms with Crippen LogP contribution in [-0.2, 0) is 29.1 Å². The predicted octanol–water partition coefficient (Wildman–Crippen LogP) is 4.74. The molecule has 2 aromatic rings. The Balaban J connectivity index is 1.35. The van der Waals surface area contributed by atoms with Gasteiger partial charge in [0.25, 0.3) is 5.91 Å². The lowest BCUT2D eigenvalue weighted by Gasteiger charge is -2.30. The Labute approximate surface area is 334 Å². The maximum Gasteiger partial charge on any atom is 0.422 e. The fourth-order valence-electron chi connectivity index (χ4n) is 7.38. The fourth-order valence-corrected chi connectivity index (χ4v) is 8.75. The molecule has 3 fully saturated rings. The molecule has 6 rings (SSSR count). The molecular weight excluding hydrogens is 788 g/mol. The summed E-state index contributed by atoms with van der Waals surface area (Å²) in [6.45, 7) is 4.86. The van der Waals surface area contributed by atoms with E-state index in [1.807, 2.05) is 6.08 Å². The van der Waals surface area contributed by atoms with Crippen LogP contribution in [-0.4, -0.2) is 103 Å². The molecule has 0 spiro atoms. The van der Waals surface area contributed by atoms with Gasteiger partial charge in [-0.15, -0.1) is 0 Å². The number of fused-ring (bicyclic) bond motifs is 3. The molecule has 15 nitrogen and oxygen atoms in total. The zero-order chi connectivity index (χ0) is 42.2. The van der Waals surface area contributed by atoms with Gasteiger partial charge in [0.1, 0.15) is 40.8 Å². The van der Waals surface area contributed by atoms with Crippen molar-refractivity contribution in [3.8, 4) is 17.4 Å². The summed E-state index contributed by atoms with van der Waals surface area (Å²) < 4.78 is 89.8. The SMILES string of the molecule is COc1ccc2c(OC3CC4C(=O)NC5(C(=O)NS(=O)(=O)C6CC6)CC5C=CCCCCCC(NC(=O)OC(C)(C)C)C(=O)N4C3)cc(OCC(F)(F)F)nc2c1C. The number of pyridine rings is 1. The van der Waals surface area contributed by atoms with Crippen LogP contribution < -0.4 is 29.6 Å². The molecule has 5 unspecified atom stereocenters. The molecule has 0 radical (unpaired) electrons. The highest BCUT2D eigenvalue weighted by molar-refractivity contribution is 7.91. The lowest BCUT2D eigenvalue weighted by Crippen LogP contribution is -2.58. The van der Waals surface area contributed by atoms with Gasteiger partial charge in [-0.2, -0.15) is 13.2 Å². The van der Waals surface area contributed by atoms with E-state index in [1.54, 1.807) is 45.9 Å². The topological polar surface area (TPSA) is 192 Å². The van der Waals surface area contributed by atoms with Crippen molar-refractivity contribution in [2.45, 2.75) is 126 Å². The third-order valence-corrected chi connectivity index (χ3v) is 12.4. The molecule has 318 valence electrons. The molecule has 0 bridgehead atoms. The minimum absolute atomic E-state index is 0.0606. The van der Waals surface area contributed by atoms with Crippen molar-refractivity contribution in [1.29, 1.82) is 0 Å². The van der Waals surface area contributed by atoms with Crippen molar-refractivity contribution < 1.29 is 59.7 Å². The van der Waals surface area contributed by atoms with Crippen molar-refractivity contribution in [1.82, 2.24) is 25.2 Å². The van der Waals surface area contributed by atoms with Gasteiger partial charge in [-0.1, -0.05) is 25.0 Å². The van der Waals surface area contributed by atoms with Crippen LogP contribution in [0.3, 0.4) is 0 Å². The minimum Gasteiger partial charge on any atom is -0.496 e. The van der Waals surface area contributed by atoms with E-state index in [2.05, 4.69) is 20.3 Å². The summed E-state index contributed by atoms with van der Waals surface area (Å²) in [5.41, 5.74) is -1.76. The number of nitrogens with zero attached hydrogens (tertiary/aromatic N) is 2. The Kier molecular flexibility index (Phi) is 12.1. The van der Waals surface area contributed by atoms with Crippen molar-refractivity contribution in [3.63, 3.8) is 0 Å². The van der Waals surface area contributed by atoms with Crippen molar-refractivity contribution >= 4 is 44.7 Å². The molecule has 5 atom stereocenters. The molecule has 3 N–H and O–H groups in total. The van der Waals surface area contributed by atoms with Crippen LogP contribution in [0, 0.1) is 12.8 Å². The van der Waals surface area contributed by atoms with Crippen molar-refractivity contribution in [3.05, 3.63) is 35.9 Å². The van der Waals surface area contributed by atoms with Crippen LogP contribution in [0.25, 0.3) is 10.9 Å². The van der Waals surface area contributed by atoms with Gasteiger partial charge in [0.15, 0.2) is 6.61 Å². The fraction of sp³-hybridized carbons (Fsp3) is 0.615. The number of aryl methyl sites for hydroxylation is 1. The first-order valence-electron chi connectivity index (χ1n) is 19.4. The summed E-state index contributed by atoms with van der Waals surface area (Å²) in [7, 11) is -2.54. The second-order valence-electron chi connectivity index (χ2n) is 16.3. The Hall–Kier alpha value is -4.81. The highest BCUT2D eigenvalue weighted by Gasteiger charge is 2.62. The van der Waals surface area contributed by atoms with Gasteiger partial charge in [0.2, 0.25) is 27.7 Å². The Morgan fingerprint density at radius 2 is 1.81 bits per heavy atom. The number of sulfonamides is 1. The van der Waals surface area contributed by atoms with Crippen LogP contribution in [0.1, 0.15) is 84.1 Å². The number of ether oxygens (including phenoxy) is 4. The maximum atomic E-state index is 14.5. The van der Waals surface area contributed by atoms with Crippen molar-refractivity contribution in [2.24, 2.45) is 5.92 Å². The van der Waals surface area contributed by atoms with Gasteiger partial charge in [0.05, 0.1) is 24.4 Å². The maximum absolute atomic E-state index is 14.5. The zero-order valence-electron chi connectivity index (χ0n) is 33.1. The summed E-state index contributed by atoms with van der Waals surface area (Å²) in [4.78, 5) is 61.3. The van der Waals surface area contributed by atoms with E-state index in [0.29, 0.717) is 48.8 Å². The van der Waals surface area contributed by atoms with Gasteiger partial charge in [0, 0.05) is 29.4 Å². The summed E-state index contributed by atoms with van der Waals surface area (Å²) in [6, 6.07) is 2.04. The Morgan fingerprint density at radius 1 is 1.07 bits per heavy atom. The minimum atomic E-state index is -4.66. The van der Waals surface area contributed by atoms with Gasteiger partial charge in [-0.25, -0.2) is 18.2 Å². The van der Waals surface area contributed by atoms with Crippen LogP contribution in [0.2, 0.25) is 0 Å². The highest BCUT2D eigenvalue weighted by atomic mass is 32.2. The summed E-state index contributed by atoms with van der Waals surface area (Å²) >= 11 is 0. The Morgan fingerprint density at radius 3 is 2.48 bits per heavy atom. The zero-order valence-corrected chi connectivity index (χ0v) is 33.9. The molecular formula is C39H50F3N5O10S. The van der Waals surface area contributed by atoms with Crippen LogP contribution in [0.5, 0.6) is 17.4 Å². The molecule has 1 saturated heterocycles. The standard InChI is InChI=1S/C39H50F3N5O10S/c1-22-29(54-5)16-15-26-30(18-31(44-32(22)26)55-21-39(40,41)42)56-24-17-28-33(48)45-38(35(50)46-58(52,53)25-13-14-25)19-23(38)11-9-7-6-8-10-12-27(34(49)47(28)20-24)43-36(51)57-37(2,3)4/h9,11,15-16,18,23-25,27-28H,6-8,10,12-14,17,19-21H2,1-5H3,(H,43,51)(H,45,48)(H,46,50). The molecule has 1 aromatic heterocycles. The van der Waals surface area contributed by atoms with Gasteiger partial charge in [-0.3, -0.25) is 19.1 Å². The Bertz CT molecular complexity index is 2070. The number of hydrogen-bond donors (Lipinski definition) is 3. The summed E-state index contributed by atoms with van der Waals surface area (Å²) in [5.74, 6) is -2.69. The number of halogens is 3. The number of aromatic nitrogens is 1. The molecule has 4 amide bonds. The quantitative estimate of drug-likeness (QED) is 0.296. The number of amides is 4. The van der Waals surface area contributed by atoms with E-state index >= 15 is 0 Å². The molecule has 58 heavy (non-hydrogen) atoms. The number of carbonyl (C=O) groups excluding carboxylic acids is 4. The molecule has 2 aliphatic heterocycles. The van der Waals surface area contributed by atoms with Crippen LogP contribution in [0.4, 0.5) is 18.0 Å². The molecule has 2 aliphatic carbocycles. The number of methoxy groups -OCH3 is 1. The second-order valence-corrected chi connectivity index (χ2v) is 18.3. The number of allylic oxidation sites excluding steroid dienone is 1. The van der Waals surface area contributed by atoms with E-state index < -0.39 is 87.1 Å². The number of nitrogens with one attached hydrogen (secondary N) is 3. The number of rotatable bonds is 9. The number of carbonyl (C=O) groups is 4. The molecule has 2 saturated carbocycles. The average molecular weight is 838 g/mol. The van der Waals surface area contributed by atoms with E-state index in [1.165, 1.54) is 18.1 Å². The third kappa shape index (κ3) is 10.1. The third-order valence-electron chi connectivity index (χ3n) is 10.6. The average Bonchev–Trinajstić information content (AvgIpc) is 4.05. The number of hydrogen-bond acceptors (Lipinski definition) is 11. The van der Waals surface area contributed by atoms with E-state index in [4.69, 9.17) is 18.9 Å². The predicted molar refractivity (Wildman–Crippen MR) is 204 cm³/mol. The van der Waals surface area contributed by atoms with Crippen molar-refractivity contribution in [2.75, 3.05) is 20.3 Å². The molecule has 4 aliphatic rings. The first-order chi connectivity index (χ1) is 27.2. The van der Waals surface area contributed by atoms with E-state index in [-0.39, 0.29) is 43.0 Å². The largest absolute Gasteiger partial charge is 0.496 e. The molecule has 19 heteroatoms. The number of alkyl halides is 3. The second kappa shape index (κ2) is 16.4. The van der Waals surface area contributed by atoms with Crippen LogP contribution in [0.15, 0.2) is 30.4 Å². The van der Waals surface area contributed by atoms with Gasteiger partial charge in [-0.05, 0) is 78.4 Å². The molecule has 1 aromatic carbocycles. The number of benzene rings is 1.